The fraction of sp³-hybridized carbons (Fsp3) is 0. The van der Waals surface area contributed by atoms with E-state index in [2.05, 4.69) is 165 Å². The number of hydrogen-bond acceptors (Lipinski definition) is 4. The van der Waals surface area contributed by atoms with E-state index >= 15 is 0 Å². The van der Waals surface area contributed by atoms with E-state index in [-0.39, 0.29) is 0 Å². The second-order valence-corrected chi connectivity index (χ2v) is 14.7. The van der Waals surface area contributed by atoms with Gasteiger partial charge in [-0.2, -0.15) is 0 Å². The van der Waals surface area contributed by atoms with Crippen LogP contribution < -0.4 is 0 Å². The molecule has 0 amide bonds. The summed E-state index contributed by atoms with van der Waals surface area (Å²) in [5.41, 5.74) is 14.1. The fourth-order valence-corrected chi connectivity index (χ4v) is 9.66. The van der Waals surface area contributed by atoms with Gasteiger partial charge in [-0.1, -0.05) is 121 Å². The van der Waals surface area contributed by atoms with Gasteiger partial charge in [0, 0.05) is 38.4 Å². The molecule has 0 aliphatic rings. The molecule has 12 rings (SSSR count). The second kappa shape index (κ2) is 11.2. The lowest BCUT2D eigenvalue weighted by molar-refractivity contribution is 1.16. The van der Waals surface area contributed by atoms with Crippen molar-refractivity contribution in [3.8, 4) is 33.8 Å². The lowest BCUT2D eigenvalue weighted by Crippen LogP contribution is -1.99. The quantitative estimate of drug-likeness (QED) is 0.183. The Balaban J connectivity index is 1.08. The molecule has 7 aromatic carbocycles. The van der Waals surface area contributed by atoms with Gasteiger partial charge < -0.3 is 9.13 Å². The van der Waals surface area contributed by atoms with Crippen LogP contribution in [0.4, 0.5) is 0 Å². The maximum atomic E-state index is 4.94. The van der Waals surface area contributed by atoms with Gasteiger partial charge in [0.25, 0.3) is 0 Å². The first-order chi connectivity index (χ1) is 26.8. The molecule has 5 aromatic heterocycles. The molecule has 0 atom stereocenters. The summed E-state index contributed by atoms with van der Waals surface area (Å²) in [7, 11) is 0. The third-order valence-corrected chi connectivity index (χ3v) is 11.9. The van der Waals surface area contributed by atoms with Gasteiger partial charge in [-0.25, -0.2) is 15.0 Å². The van der Waals surface area contributed by atoms with Crippen molar-refractivity contribution in [1.29, 1.82) is 0 Å². The Morgan fingerprint density at radius 1 is 0.444 bits per heavy atom. The van der Waals surface area contributed by atoms with Crippen LogP contribution in [0.2, 0.25) is 0 Å². The predicted molar refractivity (Wildman–Crippen MR) is 223 cm³/mol. The zero-order valence-corrected chi connectivity index (χ0v) is 29.6. The molecule has 7 heteroatoms. The van der Waals surface area contributed by atoms with Crippen molar-refractivity contribution in [2.24, 2.45) is 0 Å². The molecule has 0 radical (unpaired) electrons. The molecule has 0 bridgehead atoms. The number of nitrogens with zero attached hydrogens (tertiary/aromatic N) is 6. The summed E-state index contributed by atoms with van der Waals surface area (Å²) in [6.45, 7) is 0. The zero-order chi connectivity index (χ0) is 35.3. The summed E-state index contributed by atoms with van der Waals surface area (Å²) in [5, 5.41) is 4.94. The van der Waals surface area contributed by atoms with Gasteiger partial charge in [-0.05, 0) is 60.2 Å². The van der Waals surface area contributed by atoms with E-state index in [1.807, 2.05) is 12.1 Å². The standard InChI is InChI=1S/C47H28N6S/c1-2-18-35(44-45-46(49-28-48-44)53-43-24-12-7-19-37(43)50-47(53)54-45)30(13-1)31-14-3-10-22-40(31)52-41-23-11-6-17-34(41)36-27-29(25-26-42(36)52)51-38-20-8-4-15-32(38)33-16-5-9-21-39(33)51/h1-28H. The van der Waals surface area contributed by atoms with Crippen LogP contribution >= 0.6 is 11.3 Å². The van der Waals surface area contributed by atoms with E-state index in [0.717, 1.165) is 71.1 Å². The number of imidazole rings is 1. The highest BCUT2D eigenvalue weighted by Crippen LogP contribution is 2.43. The normalized spacial score (nSPS) is 12.1. The summed E-state index contributed by atoms with van der Waals surface area (Å²) < 4.78 is 7.99. The van der Waals surface area contributed by atoms with Gasteiger partial charge in [-0.3, -0.25) is 4.40 Å². The van der Waals surface area contributed by atoms with Crippen molar-refractivity contribution in [3.05, 3.63) is 170 Å². The molecule has 0 spiro atoms. The van der Waals surface area contributed by atoms with Gasteiger partial charge in [0.15, 0.2) is 10.6 Å². The first kappa shape index (κ1) is 29.5. The van der Waals surface area contributed by atoms with Crippen LogP contribution in [0.3, 0.4) is 0 Å². The van der Waals surface area contributed by atoms with Crippen LogP contribution in [-0.2, 0) is 0 Å². The van der Waals surface area contributed by atoms with Crippen molar-refractivity contribution in [1.82, 2.24) is 28.5 Å². The molecule has 0 fully saturated rings. The number of rotatable bonds is 4. The summed E-state index contributed by atoms with van der Waals surface area (Å²) in [4.78, 5) is 15.6. The third-order valence-electron chi connectivity index (χ3n) is 10.8. The fourth-order valence-electron chi connectivity index (χ4n) is 8.56. The van der Waals surface area contributed by atoms with E-state index in [9.17, 15) is 0 Å². The van der Waals surface area contributed by atoms with Gasteiger partial charge in [-0.15, -0.1) is 0 Å². The molecule has 0 saturated carbocycles. The monoisotopic (exact) mass is 708 g/mol. The molecule has 0 saturated heterocycles. The maximum Gasteiger partial charge on any atom is 0.197 e. The highest BCUT2D eigenvalue weighted by Gasteiger charge is 2.22. The molecular formula is C47H28N6S. The van der Waals surface area contributed by atoms with Crippen molar-refractivity contribution in [2.45, 2.75) is 0 Å². The molecule has 252 valence electrons. The molecule has 0 aliphatic heterocycles. The minimum Gasteiger partial charge on any atom is -0.309 e. The Bertz CT molecular complexity index is 3420. The van der Waals surface area contributed by atoms with Gasteiger partial charge in [0.05, 0.1) is 44.5 Å². The van der Waals surface area contributed by atoms with Crippen LogP contribution in [-0.4, -0.2) is 28.5 Å². The van der Waals surface area contributed by atoms with Crippen LogP contribution in [0.5, 0.6) is 0 Å². The molecule has 54 heavy (non-hydrogen) atoms. The number of thiazole rings is 1. The van der Waals surface area contributed by atoms with Gasteiger partial charge in [0.1, 0.15) is 11.0 Å². The first-order valence-electron chi connectivity index (χ1n) is 18.0. The molecule has 5 heterocycles. The Kier molecular flexibility index (Phi) is 6.12. The number of para-hydroxylation sites is 6. The minimum absolute atomic E-state index is 0.873. The number of aromatic nitrogens is 6. The highest BCUT2D eigenvalue weighted by atomic mass is 32.1. The lowest BCUT2D eigenvalue weighted by Gasteiger charge is -2.17. The van der Waals surface area contributed by atoms with E-state index in [1.165, 1.54) is 32.6 Å². The molecule has 12 aromatic rings. The molecule has 0 N–H and O–H groups in total. The van der Waals surface area contributed by atoms with E-state index in [0.29, 0.717) is 0 Å². The average molecular weight is 709 g/mol. The van der Waals surface area contributed by atoms with Crippen LogP contribution in [0, 0.1) is 0 Å². The van der Waals surface area contributed by atoms with E-state index < -0.39 is 0 Å². The lowest BCUT2D eigenvalue weighted by atomic mass is 9.96. The zero-order valence-electron chi connectivity index (χ0n) is 28.8. The maximum absolute atomic E-state index is 4.94. The molecule has 6 nitrogen and oxygen atoms in total. The summed E-state index contributed by atoms with van der Waals surface area (Å²) in [6, 6.07) is 58.6. The van der Waals surface area contributed by atoms with Crippen molar-refractivity contribution in [3.63, 3.8) is 0 Å². The van der Waals surface area contributed by atoms with Gasteiger partial charge in [0.2, 0.25) is 0 Å². The van der Waals surface area contributed by atoms with Crippen molar-refractivity contribution < 1.29 is 0 Å². The highest BCUT2D eigenvalue weighted by molar-refractivity contribution is 7.24. The largest absolute Gasteiger partial charge is 0.309 e. The SMILES string of the molecule is c1ccc(-c2ncnc3c2sc2nc4ccccc4n23)c(-c2ccccc2-n2c3ccccc3c3cc(-n4c5ccccc5c5ccccc54)ccc32)c1. The number of hydrogen-bond donors (Lipinski definition) is 0. The van der Waals surface area contributed by atoms with Crippen molar-refractivity contribution >= 4 is 81.3 Å². The van der Waals surface area contributed by atoms with Crippen molar-refractivity contribution in [2.75, 3.05) is 0 Å². The Labute approximate surface area is 312 Å². The Morgan fingerprint density at radius 2 is 1.02 bits per heavy atom. The van der Waals surface area contributed by atoms with Crippen LogP contribution in [0.25, 0.3) is 104 Å². The predicted octanol–water partition coefficient (Wildman–Crippen LogP) is 12.0. The molecule has 0 aliphatic carbocycles. The smallest absolute Gasteiger partial charge is 0.197 e. The minimum atomic E-state index is 0.873. The summed E-state index contributed by atoms with van der Waals surface area (Å²) in [6.07, 6.45) is 1.68. The third kappa shape index (κ3) is 4.07. The first-order valence-corrected chi connectivity index (χ1v) is 18.9. The Hall–Kier alpha value is -7.09. The average Bonchev–Trinajstić information content (AvgIpc) is 3.97. The molecule has 0 unspecified atom stereocenters. The number of benzene rings is 7. The molecular weight excluding hydrogens is 681 g/mol. The second-order valence-electron chi connectivity index (χ2n) is 13.7. The summed E-state index contributed by atoms with van der Waals surface area (Å²) in [5.74, 6) is 0. The van der Waals surface area contributed by atoms with Gasteiger partial charge >= 0.3 is 0 Å². The van der Waals surface area contributed by atoms with E-state index in [4.69, 9.17) is 15.0 Å². The summed E-state index contributed by atoms with van der Waals surface area (Å²) >= 11 is 1.64. The number of fused-ring (bicyclic) bond motifs is 11. The Morgan fingerprint density at radius 3 is 1.78 bits per heavy atom. The van der Waals surface area contributed by atoms with Crippen LogP contribution in [0.15, 0.2) is 170 Å². The topological polar surface area (TPSA) is 52.9 Å². The van der Waals surface area contributed by atoms with Crippen LogP contribution in [0.1, 0.15) is 0 Å². The van der Waals surface area contributed by atoms with E-state index in [1.54, 1.807) is 17.7 Å².